The van der Waals surface area contributed by atoms with Crippen molar-refractivity contribution in [2.45, 2.75) is 25.5 Å². The van der Waals surface area contributed by atoms with Crippen molar-refractivity contribution in [2.24, 2.45) is 5.73 Å². The molecule has 1 aromatic rings. The van der Waals surface area contributed by atoms with E-state index in [9.17, 15) is 4.79 Å². The zero-order valence-corrected chi connectivity index (χ0v) is 11.7. The number of hydrogen-bond donors (Lipinski definition) is 2. The van der Waals surface area contributed by atoms with E-state index in [1.165, 1.54) is 0 Å². The second kappa shape index (κ2) is 7.76. The molecule has 0 spiro atoms. The lowest BCUT2D eigenvalue weighted by molar-refractivity contribution is -0.124. The van der Waals surface area contributed by atoms with Gasteiger partial charge in [-0.25, -0.2) is 0 Å². The Labute approximate surface area is 114 Å². The highest BCUT2D eigenvalue weighted by molar-refractivity contribution is 5.77. The summed E-state index contributed by atoms with van der Waals surface area (Å²) >= 11 is 0. The number of hydrogen-bond acceptors (Lipinski definition) is 4. The molecule has 5 nitrogen and oxygen atoms in total. The van der Waals surface area contributed by atoms with Crippen molar-refractivity contribution in [3.8, 4) is 5.75 Å². The SMILES string of the molecule is COc1ccccc1[C@H](C)NC(=O)CC(CN)OC. The normalized spacial score (nSPS) is 13.7. The third-order valence-corrected chi connectivity index (χ3v) is 2.99. The lowest BCUT2D eigenvalue weighted by Gasteiger charge is -2.19. The largest absolute Gasteiger partial charge is 0.496 e. The minimum atomic E-state index is -0.245. The summed E-state index contributed by atoms with van der Waals surface area (Å²) in [6, 6.07) is 7.49. The monoisotopic (exact) mass is 266 g/mol. The maximum atomic E-state index is 11.9. The highest BCUT2D eigenvalue weighted by Crippen LogP contribution is 2.24. The Morgan fingerprint density at radius 2 is 2.05 bits per heavy atom. The smallest absolute Gasteiger partial charge is 0.223 e. The third kappa shape index (κ3) is 4.54. The third-order valence-electron chi connectivity index (χ3n) is 2.99. The number of carbonyl (C=O) groups is 1. The number of ether oxygens (including phenoxy) is 2. The van der Waals surface area contributed by atoms with Gasteiger partial charge in [-0.1, -0.05) is 18.2 Å². The number of rotatable bonds is 7. The number of methoxy groups -OCH3 is 2. The van der Waals surface area contributed by atoms with E-state index in [0.29, 0.717) is 6.54 Å². The van der Waals surface area contributed by atoms with Crippen molar-refractivity contribution >= 4 is 5.91 Å². The van der Waals surface area contributed by atoms with Crippen LogP contribution >= 0.6 is 0 Å². The number of para-hydroxylation sites is 1. The standard InChI is InChI=1S/C14H22N2O3/c1-10(12-6-4-5-7-13(12)19-3)16-14(17)8-11(9-15)18-2/h4-7,10-11H,8-9,15H2,1-3H3,(H,16,17)/t10-,11?/m0/s1. The van der Waals surface area contributed by atoms with Crippen LogP contribution in [0.1, 0.15) is 24.9 Å². The van der Waals surface area contributed by atoms with E-state index >= 15 is 0 Å². The topological polar surface area (TPSA) is 73.6 Å². The van der Waals surface area contributed by atoms with Gasteiger partial charge in [0.15, 0.2) is 0 Å². The molecular formula is C14H22N2O3. The van der Waals surface area contributed by atoms with Crippen LogP contribution in [0.3, 0.4) is 0 Å². The molecular weight excluding hydrogens is 244 g/mol. The molecule has 19 heavy (non-hydrogen) atoms. The van der Waals surface area contributed by atoms with Gasteiger partial charge in [0.05, 0.1) is 25.7 Å². The van der Waals surface area contributed by atoms with Crippen molar-refractivity contribution in [3.05, 3.63) is 29.8 Å². The Kier molecular flexibility index (Phi) is 6.32. The summed E-state index contributed by atoms with van der Waals surface area (Å²) in [6.45, 7) is 2.24. The molecule has 0 aliphatic rings. The highest BCUT2D eigenvalue weighted by atomic mass is 16.5. The minimum absolute atomic E-state index is 0.0873. The molecule has 2 atom stereocenters. The van der Waals surface area contributed by atoms with Crippen LogP contribution in [0.15, 0.2) is 24.3 Å². The summed E-state index contributed by atoms with van der Waals surface area (Å²) in [6.07, 6.45) is 0.0109. The van der Waals surface area contributed by atoms with Crippen molar-refractivity contribution in [1.29, 1.82) is 0 Å². The van der Waals surface area contributed by atoms with Crippen molar-refractivity contribution in [3.63, 3.8) is 0 Å². The number of amides is 1. The molecule has 0 aliphatic heterocycles. The molecule has 0 bridgehead atoms. The average Bonchev–Trinajstić information content (AvgIpc) is 2.44. The van der Waals surface area contributed by atoms with Crippen LogP contribution < -0.4 is 15.8 Å². The molecule has 106 valence electrons. The summed E-state index contributed by atoms with van der Waals surface area (Å²) in [5.74, 6) is 0.674. The lowest BCUT2D eigenvalue weighted by atomic mass is 10.1. The first-order valence-corrected chi connectivity index (χ1v) is 6.27. The summed E-state index contributed by atoms with van der Waals surface area (Å²) in [4.78, 5) is 11.9. The van der Waals surface area contributed by atoms with Crippen LogP contribution in [0.2, 0.25) is 0 Å². The van der Waals surface area contributed by atoms with E-state index < -0.39 is 0 Å². The molecule has 0 aliphatic carbocycles. The summed E-state index contributed by atoms with van der Waals surface area (Å²) in [5.41, 5.74) is 6.44. The Morgan fingerprint density at radius 3 is 2.63 bits per heavy atom. The number of benzene rings is 1. The van der Waals surface area contributed by atoms with E-state index in [1.54, 1.807) is 14.2 Å². The van der Waals surface area contributed by atoms with E-state index in [1.807, 2.05) is 31.2 Å². The van der Waals surface area contributed by atoms with Crippen LogP contribution in [-0.2, 0) is 9.53 Å². The molecule has 1 amide bonds. The van der Waals surface area contributed by atoms with Crippen molar-refractivity contribution in [1.82, 2.24) is 5.32 Å². The van der Waals surface area contributed by atoms with Gasteiger partial charge < -0.3 is 20.5 Å². The van der Waals surface area contributed by atoms with Crippen LogP contribution in [0.4, 0.5) is 0 Å². The van der Waals surface area contributed by atoms with E-state index in [0.717, 1.165) is 11.3 Å². The van der Waals surface area contributed by atoms with Crippen LogP contribution in [0, 0.1) is 0 Å². The number of nitrogens with one attached hydrogen (secondary N) is 1. The second-order valence-corrected chi connectivity index (χ2v) is 4.33. The molecule has 0 radical (unpaired) electrons. The molecule has 3 N–H and O–H groups in total. The molecule has 5 heteroatoms. The Bertz CT molecular complexity index is 405. The van der Waals surface area contributed by atoms with Gasteiger partial charge in [-0.2, -0.15) is 0 Å². The Hall–Kier alpha value is -1.59. The molecule has 1 unspecified atom stereocenters. The van der Waals surface area contributed by atoms with Crippen LogP contribution in [0.5, 0.6) is 5.75 Å². The van der Waals surface area contributed by atoms with E-state index in [-0.39, 0.29) is 24.5 Å². The molecule has 0 saturated heterocycles. The van der Waals surface area contributed by atoms with Gasteiger partial charge in [0.25, 0.3) is 0 Å². The summed E-state index contributed by atoms with van der Waals surface area (Å²) in [5, 5.41) is 2.92. The fourth-order valence-electron chi connectivity index (χ4n) is 1.87. The minimum Gasteiger partial charge on any atom is -0.496 e. The average molecular weight is 266 g/mol. The predicted molar refractivity (Wildman–Crippen MR) is 74.0 cm³/mol. The molecule has 1 aromatic carbocycles. The fourth-order valence-corrected chi connectivity index (χ4v) is 1.87. The first kappa shape index (κ1) is 15.5. The first-order valence-electron chi connectivity index (χ1n) is 6.27. The maximum absolute atomic E-state index is 11.9. The summed E-state index contributed by atoms with van der Waals surface area (Å²) < 4.78 is 10.4. The van der Waals surface area contributed by atoms with Gasteiger partial charge in [-0.3, -0.25) is 4.79 Å². The Balaban J connectivity index is 2.63. The van der Waals surface area contributed by atoms with E-state index in [4.69, 9.17) is 15.2 Å². The maximum Gasteiger partial charge on any atom is 0.223 e. The van der Waals surface area contributed by atoms with E-state index in [2.05, 4.69) is 5.32 Å². The molecule has 1 rings (SSSR count). The van der Waals surface area contributed by atoms with Gasteiger partial charge in [-0.05, 0) is 13.0 Å². The predicted octanol–water partition coefficient (Wildman–Crippen LogP) is 1.24. The number of carbonyl (C=O) groups excluding carboxylic acids is 1. The zero-order valence-electron chi connectivity index (χ0n) is 11.7. The first-order chi connectivity index (χ1) is 9.12. The van der Waals surface area contributed by atoms with Crippen molar-refractivity contribution < 1.29 is 14.3 Å². The Morgan fingerprint density at radius 1 is 1.37 bits per heavy atom. The molecule has 0 heterocycles. The molecule has 0 saturated carbocycles. The van der Waals surface area contributed by atoms with Crippen LogP contribution in [-0.4, -0.2) is 32.8 Å². The second-order valence-electron chi connectivity index (χ2n) is 4.33. The summed E-state index contributed by atoms with van der Waals surface area (Å²) in [7, 11) is 3.16. The van der Waals surface area contributed by atoms with Gasteiger partial charge in [-0.15, -0.1) is 0 Å². The van der Waals surface area contributed by atoms with Crippen LogP contribution in [0.25, 0.3) is 0 Å². The zero-order chi connectivity index (χ0) is 14.3. The van der Waals surface area contributed by atoms with Gasteiger partial charge >= 0.3 is 0 Å². The van der Waals surface area contributed by atoms with Gasteiger partial charge in [0.1, 0.15) is 5.75 Å². The van der Waals surface area contributed by atoms with Gasteiger partial charge in [0, 0.05) is 19.2 Å². The molecule has 0 aromatic heterocycles. The molecule has 0 fully saturated rings. The quantitative estimate of drug-likeness (QED) is 0.778. The number of nitrogens with two attached hydrogens (primary N) is 1. The van der Waals surface area contributed by atoms with Gasteiger partial charge in [0.2, 0.25) is 5.91 Å². The van der Waals surface area contributed by atoms with Crippen molar-refractivity contribution in [2.75, 3.05) is 20.8 Å². The lowest BCUT2D eigenvalue weighted by Crippen LogP contribution is -2.33. The fraction of sp³-hybridized carbons (Fsp3) is 0.500. The highest BCUT2D eigenvalue weighted by Gasteiger charge is 2.16.